The molecule has 2 aromatic carbocycles. The highest BCUT2D eigenvalue weighted by atomic mass is 16.6. The Morgan fingerprint density at radius 1 is 0.967 bits per heavy atom. The molecule has 6 heterocycles. The Kier molecular flexibility index (Phi) is 9.75. The summed E-state index contributed by atoms with van der Waals surface area (Å²) in [6.07, 6.45) is 5.73. The Balaban J connectivity index is 1.36. The number of aromatic nitrogens is 1. The van der Waals surface area contributed by atoms with Crippen molar-refractivity contribution in [3.8, 4) is 5.75 Å². The molecule has 2 bridgehead atoms. The van der Waals surface area contributed by atoms with E-state index in [0.29, 0.717) is 82.6 Å². The summed E-state index contributed by atoms with van der Waals surface area (Å²) in [5, 5.41) is 26.4. The number of methoxy groups -OCH3 is 3. The number of H-pyrrole nitrogens is 1. The molecule has 14 heteroatoms. The van der Waals surface area contributed by atoms with E-state index in [4.69, 9.17) is 24.7 Å². The van der Waals surface area contributed by atoms with E-state index in [1.54, 1.807) is 7.11 Å². The molecule has 6 aliphatic rings. The number of nitrogens with two attached hydrogens (primary N) is 1. The number of aliphatic hydroxyl groups is 2. The maximum atomic E-state index is 15.3. The second kappa shape index (κ2) is 14.3. The maximum Gasteiger partial charge on any atom is 0.344 e. The van der Waals surface area contributed by atoms with Gasteiger partial charge in [0.15, 0.2) is 6.10 Å². The minimum atomic E-state index is -2.36. The first kappa shape index (κ1) is 40.9. The summed E-state index contributed by atoms with van der Waals surface area (Å²) < 4.78 is 24.0. The summed E-state index contributed by atoms with van der Waals surface area (Å²) in [4.78, 5) is 53.4. The van der Waals surface area contributed by atoms with Crippen LogP contribution in [0.1, 0.15) is 68.3 Å². The Hall–Kier alpha value is -4.47. The quantitative estimate of drug-likeness (QED) is 0.148. The summed E-state index contributed by atoms with van der Waals surface area (Å²) in [6.45, 7) is 6.79. The summed E-state index contributed by atoms with van der Waals surface area (Å²) in [5.41, 5.74) is 3.96. The van der Waals surface area contributed by atoms with Crippen LogP contribution >= 0.6 is 0 Å². The van der Waals surface area contributed by atoms with Crippen LogP contribution in [0.15, 0.2) is 48.6 Å². The van der Waals surface area contributed by atoms with Gasteiger partial charge in [-0.15, -0.1) is 0 Å². The van der Waals surface area contributed by atoms with E-state index in [-0.39, 0.29) is 12.0 Å². The monoisotopic (exact) mass is 825 g/mol. The third-order valence-corrected chi connectivity index (χ3v) is 15.7. The zero-order chi connectivity index (χ0) is 42.6. The van der Waals surface area contributed by atoms with Crippen molar-refractivity contribution in [2.45, 2.75) is 92.6 Å². The first-order valence-electron chi connectivity index (χ1n) is 21.5. The van der Waals surface area contributed by atoms with Crippen LogP contribution in [0.2, 0.25) is 0 Å². The number of carbonyl (C=O) groups is 3. The summed E-state index contributed by atoms with van der Waals surface area (Å²) in [6, 6.07) is 10.8. The molecule has 1 saturated carbocycles. The minimum absolute atomic E-state index is 0.109. The normalized spacial score (nSPS) is 36.5. The lowest BCUT2D eigenvalue weighted by Gasteiger charge is -2.63. The Labute approximate surface area is 350 Å². The number of fused-ring (bicyclic) bond motifs is 6. The van der Waals surface area contributed by atoms with Crippen LogP contribution < -0.4 is 15.4 Å². The fourth-order valence-corrected chi connectivity index (χ4v) is 13.5. The maximum absolute atomic E-state index is 15.3. The molecule has 2 saturated heterocycles. The molecule has 9 rings (SSSR count). The van der Waals surface area contributed by atoms with Gasteiger partial charge in [0.05, 0.1) is 39.5 Å². The summed E-state index contributed by atoms with van der Waals surface area (Å²) in [7, 11) is 6.10. The van der Waals surface area contributed by atoms with E-state index < -0.39 is 64.0 Å². The van der Waals surface area contributed by atoms with Crippen molar-refractivity contribution < 1.29 is 43.5 Å². The van der Waals surface area contributed by atoms with Gasteiger partial charge >= 0.3 is 17.9 Å². The number of anilines is 1. The van der Waals surface area contributed by atoms with Crippen molar-refractivity contribution in [2.24, 2.45) is 17.1 Å². The predicted octanol–water partition coefficient (Wildman–Crippen LogP) is 2.93. The van der Waals surface area contributed by atoms with Gasteiger partial charge in [0.1, 0.15) is 11.2 Å². The highest BCUT2D eigenvalue weighted by Gasteiger charge is 2.80. The van der Waals surface area contributed by atoms with Crippen molar-refractivity contribution in [1.82, 2.24) is 14.8 Å². The van der Waals surface area contributed by atoms with Crippen LogP contribution in [0.25, 0.3) is 10.9 Å². The molecule has 1 aliphatic carbocycles. The van der Waals surface area contributed by atoms with Crippen molar-refractivity contribution in [2.75, 3.05) is 72.5 Å². The van der Waals surface area contributed by atoms with E-state index in [1.165, 1.54) is 14.2 Å². The van der Waals surface area contributed by atoms with Crippen LogP contribution in [0.3, 0.4) is 0 Å². The number of likely N-dealkylation sites (N-methyl/N-ethyl adjacent to an activating group) is 1. The number of rotatable bonds is 8. The summed E-state index contributed by atoms with van der Waals surface area (Å²) >= 11 is 0. The number of nitrogens with one attached hydrogen (secondary N) is 1. The number of carbonyl (C=O) groups excluding carboxylic acids is 3. The average molecular weight is 826 g/mol. The van der Waals surface area contributed by atoms with Gasteiger partial charge in [-0.25, -0.2) is 4.79 Å². The van der Waals surface area contributed by atoms with Crippen molar-refractivity contribution >= 4 is 34.5 Å². The molecule has 60 heavy (non-hydrogen) atoms. The van der Waals surface area contributed by atoms with Gasteiger partial charge in [0.2, 0.25) is 5.60 Å². The molecule has 14 nitrogen and oxygen atoms in total. The number of hydrogen-bond donors (Lipinski definition) is 4. The number of aromatic amines is 1. The van der Waals surface area contributed by atoms with E-state index in [2.05, 4.69) is 26.9 Å². The largest absolute Gasteiger partial charge is 0.496 e. The molecule has 3 aromatic rings. The molecule has 5 N–H and O–H groups in total. The number of hydrogen-bond acceptors (Lipinski definition) is 13. The van der Waals surface area contributed by atoms with Gasteiger partial charge in [0, 0.05) is 84.0 Å². The molecule has 1 aromatic heterocycles. The molecule has 0 amide bonds. The van der Waals surface area contributed by atoms with Crippen LogP contribution in [0.5, 0.6) is 5.75 Å². The predicted molar refractivity (Wildman–Crippen MR) is 224 cm³/mol. The van der Waals surface area contributed by atoms with Crippen LogP contribution in [-0.2, 0) is 45.8 Å². The number of para-hydroxylation sites is 1. The molecule has 4 unspecified atom stereocenters. The standard InChI is InChI=1S/C46H59N5O9/c1-7-42(55)22-27-23-45(40(53)58-5,36-29(14-18-50(25-27)26-42)28-12-9-10-13-32(28)48-36)31-20-30-33(21-34(31)57-4)49(3)38-44(30)16-19-51-17-11-15-43(8-2,37(44)51)39(60-35(52)24-47)46(38,56)41(54)59-6/h9-13,15,20-21,27,37-39,48,55-56H,7-8,14,16-19,22-26,47H2,1-6H3/t27-,37?,38?,39+,42-,43+,44?,45-,46-/m0/s1. The fourth-order valence-electron chi connectivity index (χ4n) is 13.5. The van der Waals surface area contributed by atoms with Crippen molar-refractivity contribution in [1.29, 1.82) is 0 Å². The van der Waals surface area contributed by atoms with E-state index >= 15 is 4.79 Å². The second-order valence-electron chi connectivity index (χ2n) is 18.3. The highest BCUT2D eigenvalue weighted by molar-refractivity contribution is 5.95. The number of nitrogens with zero attached hydrogens (tertiary/aromatic N) is 3. The van der Waals surface area contributed by atoms with E-state index in [1.807, 2.05) is 62.2 Å². The Bertz CT molecular complexity index is 2280. The van der Waals surface area contributed by atoms with Crippen LogP contribution in [0.4, 0.5) is 5.69 Å². The van der Waals surface area contributed by atoms with Crippen molar-refractivity contribution in [3.63, 3.8) is 0 Å². The van der Waals surface area contributed by atoms with Gasteiger partial charge in [0.25, 0.3) is 0 Å². The fraction of sp³-hybridized carbons (Fsp3) is 0.587. The number of piperidine rings is 1. The number of ether oxygens (including phenoxy) is 4. The minimum Gasteiger partial charge on any atom is -0.496 e. The van der Waals surface area contributed by atoms with Crippen LogP contribution in [-0.4, -0.2) is 140 Å². The first-order valence-corrected chi connectivity index (χ1v) is 21.5. The molecular formula is C46H59N5O9. The SMILES string of the molecule is CC[C@]1(O)C[C@@H]2CN(CCc3c([nH]c4ccccc34)[C@@](C(=O)OC)(c3cc4c(cc3OC)N(C)C3C45CCN4CC=C[C@](CC)(C45)[C@@H](OC(=O)CN)[C@]3(O)C(=O)OC)C2)C1. The van der Waals surface area contributed by atoms with Gasteiger partial charge < -0.3 is 44.8 Å². The van der Waals surface area contributed by atoms with Gasteiger partial charge in [-0.1, -0.05) is 44.2 Å². The van der Waals surface area contributed by atoms with Gasteiger partial charge in [-0.2, -0.15) is 0 Å². The molecular weight excluding hydrogens is 767 g/mol. The van der Waals surface area contributed by atoms with Gasteiger partial charge in [-0.3, -0.25) is 19.4 Å². The topological polar surface area (TPSA) is 180 Å². The van der Waals surface area contributed by atoms with E-state index in [0.717, 1.165) is 33.4 Å². The lowest BCUT2D eigenvalue weighted by Crippen LogP contribution is -2.81. The lowest BCUT2D eigenvalue weighted by molar-refractivity contribution is -0.228. The molecule has 10 atom stereocenters. The van der Waals surface area contributed by atoms with Crippen LogP contribution in [0, 0.1) is 11.3 Å². The third kappa shape index (κ3) is 5.26. The Morgan fingerprint density at radius 2 is 1.73 bits per heavy atom. The molecule has 5 aliphatic heterocycles. The third-order valence-electron chi connectivity index (χ3n) is 15.7. The first-order chi connectivity index (χ1) is 28.8. The summed E-state index contributed by atoms with van der Waals surface area (Å²) in [5.74, 6) is -1.77. The molecule has 3 fully saturated rings. The average Bonchev–Trinajstić information content (AvgIpc) is 3.92. The lowest BCUT2D eigenvalue weighted by atomic mass is 9.47. The molecule has 1 spiro atoms. The Morgan fingerprint density at radius 3 is 2.43 bits per heavy atom. The zero-order valence-electron chi connectivity index (χ0n) is 35.6. The molecule has 0 radical (unpaired) electrons. The zero-order valence-corrected chi connectivity index (χ0v) is 35.6. The molecule has 322 valence electrons. The van der Waals surface area contributed by atoms with Crippen molar-refractivity contribution in [3.05, 3.63) is 70.9 Å². The highest BCUT2D eigenvalue weighted by Crippen LogP contribution is 2.68. The number of esters is 3. The van der Waals surface area contributed by atoms with E-state index in [9.17, 15) is 19.8 Å². The second-order valence-corrected chi connectivity index (χ2v) is 18.3. The number of benzene rings is 2. The smallest absolute Gasteiger partial charge is 0.344 e. The van der Waals surface area contributed by atoms with Gasteiger partial charge in [-0.05, 0) is 74.2 Å².